The average molecular weight is 462 g/mol. The monoisotopic (exact) mass is 461 g/mol. The molecule has 2 aliphatic rings. The molecule has 164 valence electrons. The number of carbonyl (C=O) groups excluding carboxylic acids is 1. The van der Waals surface area contributed by atoms with E-state index >= 15 is 0 Å². The van der Waals surface area contributed by atoms with Gasteiger partial charge in [-0.2, -0.15) is 0 Å². The summed E-state index contributed by atoms with van der Waals surface area (Å²) >= 11 is 1.41. The maximum Gasteiger partial charge on any atom is 0.244 e. The number of amidine groups is 1. The molecule has 31 heavy (non-hydrogen) atoms. The first-order chi connectivity index (χ1) is 14.9. The Balaban J connectivity index is 1.58. The third-order valence-corrected chi connectivity index (χ3v) is 8.35. The minimum atomic E-state index is -3.06. The summed E-state index contributed by atoms with van der Waals surface area (Å²) in [5.41, 5.74) is 1.35. The molecule has 2 atom stereocenters. The van der Waals surface area contributed by atoms with E-state index in [0.717, 1.165) is 5.69 Å². The highest BCUT2D eigenvalue weighted by molar-refractivity contribution is 8.15. The Hall–Kier alpha value is -2.72. The van der Waals surface area contributed by atoms with Crippen LogP contribution in [-0.4, -0.2) is 63.1 Å². The maximum absolute atomic E-state index is 12.9. The van der Waals surface area contributed by atoms with Crippen molar-refractivity contribution in [3.8, 4) is 11.5 Å². The van der Waals surface area contributed by atoms with Crippen LogP contribution in [0.5, 0.6) is 11.5 Å². The van der Waals surface area contributed by atoms with Crippen LogP contribution in [0.25, 0.3) is 0 Å². The van der Waals surface area contributed by atoms with Crippen molar-refractivity contribution in [1.29, 1.82) is 0 Å². The number of hydrogen-bond donors (Lipinski definition) is 1. The van der Waals surface area contributed by atoms with Gasteiger partial charge in [-0.25, -0.2) is 8.42 Å². The van der Waals surface area contributed by atoms with E-state index in [-0.39, 0.29) is 35.2 Å². The number of benzene rings is 2. The zero-order chi connectivity index (χ0) is 22.0. The number of para-hydroxylation sites is 2. The number of methoxy groups -OCH3 is 2. The van der Waals surface area contributed by atoms with E-state index < -0.39 is 9.84 Å². The summed E-state index contributed by atoms with van der Waals surface area (Å²) in [6.45, 7) is 0.0163. The van der Waals surface area contributed by atoms with Gasteiger partial charge in [0.05, 0.1) is 37.5 Å². The second-order valence-electron chi connectivity index (χ2n) is 7.24. The predicted octanol–water partition coefficient (Wildman–Crippen LogP) is 2.42. The summed E-state index contributed by atoms with van der Waals surface area (Å²) in [5.74, 6) is 1.19. The molecular formula is C21H23N3O5S2. The van der Waals surface area contributed by atoms with Crippen LogP contribution >= 0.6 is 11.8 Å². The molecule has 1 N–H and O–H groups in total. The zero-order valence-electron chi connectivity index (χ0n) is 17.1. The molecule has 0 aliphatic carbocycles. The molecule has 1 saturated heterocycles. The largest absolute Gasteiger partial charge is 0.497 e. The standard InChI is InChI=1S/C21H23N3O5S2/c1-28-15-9-7-14(8-10-15)24(21-23-17-12-31(26,27)13-19(17)30-21)11-20(25)22-16-5-3-4-6-18(16)29-2/h3-10,17,19H,11-13H2,1-2H3,(H,22,25)/t17-,19+/m0/s1. The lowest BCUT2D eigenvalue weighted by Crippen LogP contribution is -2.36. The average Bonchev–Trinajstić information content (AvgIpc) is 3.26. The van der Waals surface area contributed by atoms with E-state index in [2.05, 4.69) is 10.3 Å². The van der Waals surface area contributed by atoms with Crippen molar-refractivity contribution in [2.75, 3.05) is 42.5 Å². The van der Waals surface area contributed by atoms with Crippen molar-refractivity contribution in [1.82, 2.24) is 0 Å². The quantitative estimate of drug-likeness (QED) is 0.706. The topological polar surface area (TPSA) is 97.3 Å². The van der Waals surface area contributed by atoms with Gasteiger partial charge in [-0.1, -0.05) is 23.9 Å². The summed E-state index contributed by atoms with van der Waals surface area (Å²) in [6.07, 6.45) is 0. The highest BCUT2D eigenvalue weighted by Gasteiger charge is 2.44. The molecule has 2 aliphatic heterocycles. The van der Waals surface area contributed by atoms with Crippen molar-refractivity contribution >= 4 is 44.0 Å². The van der Waals surface area contributed by atoms with Crippen LogP contribution in [0.1, 0.15) is 0 Å². The number of nitrogens with zero attached hydrogens (tertiary/aromatic N) is 2. The molecule has 0 aromatic heterocycles. The van der Waals surface area contributed by atoms with Gasteiger partial charge in [0.2, 0.25) is 5.91 Å². The first kappa shape index (κ1) is 21.5. The summed E-state index contributed by atoms with van der Waals surface area (Å²) in [7, 11) is 0.0804. The van der Waals surface area contributed by atoms with Gasteiger partial charge >= 0.3 is 0 Å². The highest BCUT2D eigenvalue weighted by Crippen LogP contribution is 2.37. The molecule has 0 saturated carbocycles. The van der Waals surface area contributed by atoms with Crippen LogP contribution in [0.4, 0.5) is 11.4 Å². The molecule has 2 aromatic carbocycles. The molecule has 2 aromatic rings. The second kappa shape index (κ2) is 8.80. The Labute approximate surface area is 185 Å². The van der Waals surface area contributed by atoms with Crippen LogP contribution < -0.4 is 19.7 Å². The van der Waals surface area contributed by atoms with Gasteiger partial charge in [0.1, 0.15) is 18.0 Å². The Morgan fingerprint density at radius 3 is 2.55 bits per heavy atom. The lowest BCUT2D eigenvalue weighted by atomic mass is 10.2. The minimum Gasteiger partial charge on any atom is -0.497 e. The number of amides is 1. The fourth-order valence-corrected chi connectivity index (χ4v) is 7.36. The van der Waals surface area contributed by atoms with Crippen molar-refractivity contribution in [2.24, 2.45) is 4.99 Å². The zero-order valence-corrected chi connectivity index (χ0v) is 18.8. The van der Waals surface area contributed by atoms with E-state index in [0.29, 0.717) is 22.4 Å². The van der Waals surface area contributed by atoms with Crippen molar-refractivity contribution in [3.63, 3.8) is 0 Å². The predicted molar refractivity (Wildman–Crippen MR) is 123 cm³/mol. The normalized spacial score (nSPS) is 21.2. The number of fused-ring (bicyclic) bond motifs is 1. The fourth-order valence-electron chi connectivity index (χ4n) is 3.58. The third-order valence-electron chi connectivity index (χ3n) is 5.10. The van der Waals surface area contributed by atoms with Gasteiger partial charge in [-0.05, 0) is 36.4 Å². The third kappa shape index (κ3) is 4.80. The summed E-state index contributed by atoms with van der Waals surface area (Å²) in [4.78, 5) is 19.4. The van der Waals surface area contributed by atoms with Crippen LogP contribution in [0.3, 0.4) is 0 Å². The number of hydrogen-bond acceptors (Lipinski definition) is 8. The van der Waals surface area contributed by atoms with Gasteiger partial charge in [0.25, 0.3) is 0 Å². The van der Waals surface area contributed by atoms with Gasteiger partial charge in [0.15, 0.2) is 15.0 Å². The maximum atomic E-state index is 12.9. The molecule has 10 heteroatoms. The number of carbonyl (C=O) groups is 1. The van der Waals surface area contributed by atoms with Crippen molar-refractivity contribution in [3.05, 3.63) is 48.5 Å². The van der Waals surface area contributed by atoms with Crippen molar-refractivity contribution < 1.29 is 22.7 Å². The number of anilines is 2. The molecule has 8 nitrogen and oxygen atoms in total. The fraction of sp³-hybridized carbons (Fsp3) is 0.333. The van der Waals surface area contributed by atoms with Gasteiger partial charge < -0.3 is 19.7 Å². The Morgan fingerprint density at radius 1 is 1.13 bits per heavy atom. The lowest BCUT2D eigenvalue weighted by Gasteiger charge is -2.24. The molecular weight excluding hydrogens is 438 g/mol. The number of aliphatic imine (C=N–C) groups is 1. The van der Waals surface area contributed by atoms with Crippen LogP contribution in [0.2, 0.25) is 0 Å². The summed E-state index contributed by atoms with van der Waals surface area (Å²) in [6, 6.07) is 14.2. The second-order valence-corrected chi connectivity index (χ2v) is 10.6. The van der Waals surface area contributed by atoms with Crippen molar-refractivity contribution in [2.45, 2.75) is 11.3 Å². The minimum absolute atomic E-state index is 0.0163. The van der Waals surface area contributed by atoms with Crippen LogP contribution in [-0.2, 0) is 14.6 Å². The molecule has 2 heterocycles. The van der Waals surface area contributed by atoms with E-state index in [4.69, 9.17) is 9.47 Å². The number of nitrogens with one attached hydrogen (secondary N) is 1. The SMILES string of the molecule is COc1ccc(N(CC(=O)Nc2ccccc2OC)C2=N[C@H]3CS(=O)(=O)C[C@H]3S2)cc1. The first-order valence-electron chi connectivity index (χ1n) is 9.68. The molecule has 0 bridgehead atoms. The number of ether oxygens (including phenoxy) is 2. The molecule has 0 radical (unpaired) electrons. The van der Waals surface area contributed by atoms with E-state index in [1.807, 2.05) is 36.4 Å². The molecule has 4 rings (SSSR count). The molecule has 1 fully saturated rings. The van der Waals surface area contributed by atoms with Crippen LogP contribution in [0, 0.1) is 0 Å². The van der Waals surface area contributed by atoms with Gasteiger partial charge in [-0.3, -0.25) is 9.79 Å². The molecule has 1 amide bonds. The Kier molecular flexibility index (Phi) is 6.10. The van der Waals surface area contributed by atoms with Gasteiger partial charge in [0, 0.05) is 10.9 Å². The Bertz CT molecular complexity index is 1100. The lowest BCUT2D eigenvalue weighted by molar-refractivity contribution is -0.114. The Morgan fingerprint density at radius 2 is 1.87 bits per heavy atom. The smallest absolute Gasteiger partial charge is 0.244 e. The summed E-state index contributed by atoms with van der Waals surface area (Å²) < 4.78 is 34.4. The first-order valence-corrected chi connectivity index (χ1v) is 12.4. The van der Waals surface area contributed by atoms with E-state index in [9.17, 15) is 13.2 Å². The number of thioether (sulfide) groups is 1. The molecule has 0 spiro atoms. The summed E-state index contributed by atoms with van der Waals surface area (Å²) in [5, 5.41) is 3.41. The number of sulfone groups is 1. The van der Waals surface area contributed by atoms with Gasteiger partial charge in [-0.15, -0.1) is 0 Å². The van der Waals surface area contributed by atoms with E-state index in [1.165, 1.54) is 11.8 Å². The number of rotatable bonds is 6. The highest BCUT2D eigenvalue weighted by atomic mass is 32.2. The molecule has 0 unspecified atom stereocenters. The van der Waals surface area contributed by atoms with E-state index in [1.54, 1.807) is 31.3 Å². The van der Waals surface area contributed by atoms with Crippen LogP contribution in [0.15, 0.2) is 53.5 Å².